The Morgan fingerprint density at radius 3 is 1.59 bits per heavy atom. The molecular weight excluding hydrogens is 496 g/mol. The first-order valence-electron chi connectivity index (χ1n) is 14.0. The molecule has 0 amide bonds. The van der Waals surface area contributed by atoms with Gasteiger partial charge < -0.3 is 4.74 Å². The van der Waals surface area contributed by atoms with Crippen LogP contribution in [0.1, 0.15) is 0 Å². The quantitative estimate of drug-likeness (QED) is 0.223. The van der Waals surface area contributed by atoms with Crippen molar-refractivity contribution >= 4 is 43.1 Å². The summed E-state index contributed by atoms with van der Waals surface area (Å²) in [7, 11) is 0. The fourth-order valence-electron chi connectivity index (χ4n) is 5.98. The summed E-state index contributed by atoms with van der Waals surface area (Å²) in [5.41, 5.74) is 4.87. The Morgan fingerprint density at radius 2 is 0.805 bits per heavy atom. The monoisotopic (exact) mass is 522 g/mol. The molecule has 8 rings (SSSR count). The van der Waals surface area contributed by atoms with E-state index in [0.717, 1.165) is 22.3 Å². The van der Waals surface area contributed by atoms with E-state index in [1.165, 1.54) is 54.6 Å². The SMILES string of the molecule is c1ccc2cc(-c3ccc4cc(-c5ccc(Oc6cccc7ccccc67)c6ccccc56)ccc4c3)ccc2c1. The zero-order chi connectivity index (χ0) is 27.2. The van der Waals surface area contributed by atoms with Crippen molar-refractivity contribution in [2.75, 3.05) is 0 Å². The molecule has 0 aromatic heterocycles. The number of rotatable bonds is 4. The third kappa shape index (κ3) is 4.20. The van der Waals surface area contributed by atoms with E-state index in [4.69, 9.17) is 4.74 Å². The fourth-order valence-corrected chi connectivity index (χ4v) is 5.98. The fraction of sp³-hybridized carbons (Fsp3) is 0. The molecule has 1 heteroatoms. The van der Waals surface area contributed by atoms with Gasteiger partial charge in [0.25, 0.3) is 0 Å². The predicted molar refractivity (Wildman–Crippen MR) is 174 cm³/mol. The summed E-state index contributed by atoms with van der Waals surface area (Å²) in [4.78, 5) is 0. The molecule has 8 aromatic carbocycles. The van der Waals surface area contributed by atoms with Gasteiger partial charge in [-0.05, 0) is 84.9 Å². The van der Waals surface area contributed by atoms with Crippen LogP contribution in [0.3, 0.4) is 0 Å². The zero-order valence-corrected chi connectivity index (χ0v) is 22.4. The van der Waals surface area contributed by atoms with Crippen LogP contribution in [0.15, 0.2) is 158 Å². The number of benzene rings is 8. The van der Waals surface area contributed by atoms with Crippen LogP contribution in [0.5, 0.6) is 11.5 Å². The van der Waals surface area contributed by atoms with Crippen LogP contribution in [0, 0.1) is 0 Å². The topological polar surface area (TPSA) is 9.23 Å². The second-order valence-electron chi connectivity index (χ2n) is 10.6. The second-order valence-corrected chi connectivity index (χ2v) is 10.6. The first kappa shape index (κ1) is 23.5. The molecule has 0 saturated carbocycles. The Bertz CT molecular complexity index is 2240. The highest BCUT2D eigenvalue weighted by Gasteiger charge is 2.12. The summed E-state index contributed by atoms with van der Waals surface area (Å²) in [5, 5.41) is 9.56. The second kappa shape index (κ2) is 9.66. The Hall–Kier alpha value is -5.40. The van der Waals surface area contributed by atoms with E-state index in [1.54, 1.807) is 0 Å². The van der Waals surface area contributed by atoms with Crippen molar-refractivity contribution in [2.45, 2.75) is 0 Å². The average molecular weight is 523 g/mol. The predicted octanol–water partition coefficient (Wildman–Crippen LogP) is 11.4. The van der Waals surface area contributed by atoms with Crippen LogP contribution >= 0.6 is 0 Å². The van der Waals surface area contributed by atoms with Crippen LogP contribution < -0.4 is 4.74 Å². The zero-order valence-electron chi connectivity index (χ0n) is 22.4. The maximum atomic E-state index is 6.55. The lowest BCUT2D eigenvalue weighted by molar-refractivity contribution is 0.494. The van der Waals surface area contributed by atoms with Crippen LogP contribution in [0.4, 0.5) is 0 Å². The van der Waals surface area contributed by atoms with Gasteiger partial charge in [0.15, 0.2) is 0 Å². The molecule has 0 radical (unpaired) electrons. The van der Waals surface area contributed by atoms with Crippen LogP contribution in [0.25, 0.3) is 65.3 Å². The molecule has 0 unspecified atom stereocenters. The lowest BCUT2D eigenvalue weighted by Crippen LogP contribution is -1.90. The van der Waals surface area contributed by atoms with E-state index >= 15 is 0 Å². The van der Waals surface area contributed by atoms with Gasteiger partial charge in [0.05, 0.1) is 0 Å². The number of fused-ring (bicyclic) bond motifs is 4. The van der Waals surface area contributed by atoms with E-state index in [-0.39, 0.29) is 0 Å². The van der Waals surface area contributed by atoms with Gasteiger partial charge in [-0.25, -0.2) is 0 Å². The Morgan fingerprint density at radius 1 is 0.293 bits per heavy atom. The molecule has 41 heavy (non-hydrogen) atoms. The molecule has 192 valence electrons. The van der Waals surface area contributed by atoms with Gasteiger partial charge in [0.2, 0.25) is 0 Å². The molecule has 0 saturated heterocycles. The maximum absolute atomic E-state index is 6.55. The van der Waals surface area contributed by atoms with Gasteiger partial charge in [0.1, 0.15) is 11.5 Å². The van der Waals surface area contributed by atoms with E-state index in [2.05, 4.69) is 152 Å². The highest BCUT2D eigenvalue weighted by Crippen LogP contribution is 2.39. The summed E-state index contributed by atoms with van der Waals surface area (Å²) in [6.07, 6.45) is 0. The minimum Gasteiger partial charge on any atom is -0.456 e. The minimum atomic E-state index is 0.863. The Kier molecular flexibility index (Phi) is 5.53. The average Bonchev–Trinajstić information content (AvgIpc) is 3.04. The Labute approximate surface area is 238 Å². The molecule has 0 heterocycles. The van der Waals surface area contributed by atoms with Crippen LogP contribution in [-0.4, -0.2) is 0 Å². The molecule has 0 aliphatic rings. The van der Waals surface area contributed by atoms with Gasteiger partial charge in [0, 0.05) is 10.8 Å². The van der Waals surface area contributed by atoms with Crippen molar-refractivity contribution in [2.24, 2.45) is 0 Å². The number of ether oxygens (including phenoxy) is 1. The summed E-state index contributed by atoms with van der Waals surface area (Å²) in [5.74, 6) is 1.73. The summed E-state index contributed by atoms with van der Waals surface area (Å²) in [6.45, 7) is 0. The van der Waals surface area contributed by atoms with Crippen molar-refractivity contribution in [1.29, 1.82) is 0 Å². The molecule has 0 aliphatic heterocycles. The summed E-state index contributed by atoms with van der Waals surface area (Å²) >= 11 is 0. The van der Waals surface area contributed by atoms with Gasteiger partial charge in [-0.2, -0.15) is 0 Å². The third-order valence-corrected chi connectivity index (χ3v) is 8.09. The lowest BCUT2D eigenvalue weighted by atomic mass is 9.94. The number of hydrogen-bond acceptors (Lipinski definition) is 1. The maximum Gasteiger partial charge on any atom is 0.135 e. The van der Waals surface area contributed by atoms with E-state index in [0.29, 0.717) is 0 Å². The normalized spacial score (nSPS) is 11.4. The van der Waals surface area contributed by atoms with Gasteiger partial charge in [-0.1, -0.05) is 127 Å². The molecular formula is C40H26O. The molecule has 8 aromatic rings. The first-order valence-corrected chi connectivity index (χ1v) is 14.0. The molecule has 0 bridgehead atoms. The third-order valence-electron chi connectivity index (χ3n) is 8.09. The van der Waals surface area contributed by atoms with E-state index in [9.17, 15) is 0 Å². The molecule has 1 nitrogen and oxygen atoms in total. The minimum absolute atomic E-state index is 0.863. The molecule has 0 N–H and O–H groups in total. The Balaban J connectivity index is 1.18. The van der Waals surface area contributed by atoms with E-state index < -0.39 is 0 Å². The van der Waals surface area contributed by atoms with Crippen molar-refractivity contribution in [3.63, 3.8) is 0 Å². The van der Waals surface area contributed by atoms with Gasteiger partial charge in [-0.15, -0.1) is 0 Å². The van der Waals surface area contributed by atoms with Crippen molar-refractivity contribution < 1.29 is 4.74 Å². The molecule has 0 atom stereocenters. The lowest BCUT2D eigenvalue weighted by Gasteiger charge is -2.14. The van der Waals surface area contributed by atoms with E-state index in [1.807, 2.05) is 6.07 Å². The molecule has 0 fully saturated rings. The summed E-state index contributed by atoms with van der Waals surface area (Å²) < 4.78 is 6.55. The molecule has 0 aliphatic carbocycles. The van der Waals surface area contributed by atoms with Crippen molar-refractivity contribution in [3.8, 4) is 33.8 Å². The highest BCUT2D eigenvalue weighted by molar-refractivity contribution is 6.02. The standard InChI is InChI=1S/C40H26O/c1-2-10-29-24-30(17-16-27(29)8-1)31-18-19-33-26-34(21-20-32(33)25-31)35-22-23-40(38-14-6-5-13-37(35)38)41-39-15-7-11-28-9-3-4-12-36(28)39/h1-26H. The van der Waals surface area contributed by atoms with Crippen LogP contribution in [0.2, 0.25) is 0 Å². The van der Waals surface area contributed by atoms with Crippen molar-refractivity contribution in [1.82, 2.24) is 0 Å². The van der Waals surface area contributed by atoms with Crippen LogP contribution in [-0.2, 0) is 0 Å². The summed E-state index contributed by atoms with van der Waals surface area (Å²) in [6, 6.07) is 56.1. The van der Waals surface area contributed by atoms with Gasteiger partial charge >= 0.3 is 0 Å². The van der Waals surface area contributed by atoms with Gasteiger partial charge in [-0.3, -0.25) is 0 Å². The smallest absolute Gasteiger partial charge is 0.135 e. The first-order chi connectivity index (χ1) is 20.3. The highest BCUT2D eigenvalue weighted by atomic mass is 16.5. The van der Waals surface area contributed by atoms with Crippen molar-refractivity contribution in [3.05, 3.63) is 158 Å². The molecule has 0 spiro atoms. The number of hydrogen-bond donors (Lipinski definition) is 0. The largest absolute Gasteiger partial charge is 0.456 e.